The summed E-state index contributed by atoms with van der Waals surface area (Å²) < 4.78 is 7.29. The highest BCUT2D eigenvalue weighted by molar-refractivity contribution is 7.14. The van der Waals surface area contributed by atoms with E-state index in [1.54, 1.807) is 10.3 Å². The molecule has 8 heteroatoms. The summed E-state index contributed by atoms with van der Waals surface area (Å²) in [6.07, 6.45) is 1.32. The average Bonchev–Trinajstić information content (AvgIpc) is 3.47. The van der Waals surface area contributed by atoms with E-state index in [2.05, 4.69) is 31.0 Å². The number of nitrogens with zero attached hydrogens (tertiary/aromatic N) is 3. The number of rotatable bonds is 7. The lowest BCUT2D eigenvalue weighted by molar-refractivity contribution is -0.141. The van der Waals surface area contributed by atoms with E-state index in [0.717, 1.165) is 23.5 Å². The fourth-order valence-electron chi connectivity index (χ4n) is 4.08. The summed E-state index contributed by atoms with van der Waals surface area (Å²) >= 11 is 1.34. The molecule has 0 unspecified atom stereocenters. The molecule has 2 aromatic heterocycles. The number of Topliss-reactive ketones (excluding diaryl/α,β-unsaturated/α-hetero) is 1. The zero-order chi connectivity index (χ0) is 23.7. The van der Waals surface area contributed by atoms with Crippen LogP contribution >= 0.6 is 11.3 Å². The van der Waals surface area contributed by atoms with E-state index in [1.807, 2.05) is 30.5 Å². The summed E-state index contributed by atoms with van der Waals surface area (Å²) in [5, 5.41) is 2.36. The molecule has 0 spiro atoms. The van der Waals surface area contributed by atoms with E-state index >= 15 is 0 Å². The molecular formula is C25H27N3O4S. The standard InChI is InChI=1S/C25H27N3O4S/c1-15-7-8-20(10-16(15)2)28-17(3)11-21(18(28)4)22(29)13-32-24(31)12-19-14-33-25(26-19)27-9-5-6-23(27)30/h7-8,10-11,14H,5-6,9,12-13H2,1-4H3. The Morgan fingerprint density at radius 3 is 2.61 bits per heavy atom. The molecule has 172 valence electrons. The van der Waals surface area contributed by atoms with Gasteiger partial charge < -0.3 is 9.30 Å². The predicted octanol–water partition coefficient (Wildman–Crippen LogP) is 4.26. The van der Waals surface area contributed by atoms with Gasteiger partial charge in [-0.2, -0.15) is 0 Å². The van der Waals surface area contributed by atoms with E-state index in [4.69, 9.17) is 4.74 Å². The van der Waals surface area contributed by atoms with Gasteiger partial charge in [-0.25, -0.2) is 4.98 Å². The monoisotopic (exact) mass is 465 g/mol. The number of amides is 1. The minimum atomic E-state index is -0.518. The molecule has 7 nitrogen and oxygen atoms in total. The number of aryl methyl sites for hydroxylation is 3. The van der Waals surface area contributed by atoms with E-state index in [9.17, 15) is 14.4 Å². The second-order valence-electron chi connectivity index (χ2n) is 8.42. The van der Waals surface area contributed by atoms with Gasteiger partial charge in [0.2, 0.25) is 11.7 Å². The molecule has 1 fully saturated rings. The van der Waals surface area contributed by atoms with Crippen molar-refractivity contribution in [1.82, 2.24) is 9.55 Å². The number of carbonyl (C=O) groups is 3. The van der Waals surface area contributed by atoms with Crippen LogP contribution in [-0.2, 0) is 20.7 Å². The highest BCUT2D eigenvalue weighted by Crippen LogP contribution is 2.26. The molecule has 0 bridgehead atoms. The molecule has 0 radical (unpaired) electrons. The van der Waals surface area contributed by atoms with Crippen LogP contribution in [0.4, 0.5) is 5.13 Å². The third kappa shape index (κ3) is 4.75. The van der Waals surface area contributed by atoms with Crippen molar-refractivity contribution < 1.29 is 19.1 Å². The minimum absolute atomic E-state index is 0.0343. The van der Waals surface area contributed by atoms with Crippen molar-refractivity contribution in [2.24, 2.45) is 0 Å². The Labute approximate surface area is 197 Å². The predicted molar refractivity (Wildman–Crippen MR) is 127 cm³/mol. The molecule has 1 amide bonds. The Bertz CT molecular complexity index is 1240. The number of esters is 1. The molecular weight excluding hydrogens is 438 g/mol. The summed E-state index contributed by atoms with van der Waals surface area (Å²) in [7, 11) is 0. The number of benzene rings is 1. The fourth-order valence-corrected chi connectivity index (χ4v) is 4.95. The fraction of sp³-hybridized carbons (Fsp3) is 0.360. The van der Waals surface area contributed by atoms with Crippen LogP contribution in [0.5, 0.6) is 0 Å². The summed E-state index contributed by atoms with van der Waals surface area (Å²) in [4.78, 5) is 43.0. The van der Waals surface area contributed by atoms with Gasteiger partial charge in [-0.15, -0.1) is 11.3 Å². The van der Waals surface area contributed by atoms with Gasteiger partial charge in [0.05, 0.1) is 12.1 Å². The van der Waals surface area contributed by atoms with Gasteiger partial charge in [0, 0.05) is 41.0 Å². The quantitative estimate of drug-likeness (QED) is 0.385. The third-order valence-corrected chi connectivity index (χ3v) is 6.93. The Morgan fingerprint density at radius 2 is 1.91 bits per heavy atom. The third-order valence-electron chi connectivity index (χ3n) is 6.01. The molecule has 3 heterocycles. The summed E-state index contributed by atoms with van der Waals surface area (Å²) in [5.74, 6) is -0.702. The lowest BCUT2D eigenvalue weighted by Gasteiger charge is -2.12. The molecule has 0 aliphatic carbocycles. The molecule has 1 aliphatic heterocycles. The first kappa shape index (κ1) is 22.9. The van der Waals surface area contributed by atoms with Crippen LogP contribution in [0.2, 0.25) is 0 Å². The number of ketones is 1. The highest BCUT2D eigenvalue weighted by atomic mass is 32.1. The molecule has 1 aromatic carbocycles. The number of anilines is 1. The van der Waals surface area contributed by atoms with Gasteiger partial charge in [-0.05, 0) is 63.4 Å². The zero-order valence-electron chi connectivity index (χ0n) is 19.3. The van der Waals surface area contributed by atoms with Crippen molar-refractivity contribution in [3.8, 4) is 5.69 Å². The maximum absolute atomic E-state index is 12.8. The van der Waals surface area contributed by atoms with E-state index < -0.39 is 5.97 Å². The van der Waals surface area contributed by atoms with Crippen LogP contribution in [0.3, 0.4) is 0 Å². The maximum Gasteiger partial charge on any atom is 0.312 e. The first-order valence-corrected chi connectivity index (χ1v) is 11.8. The first-order chi connectivity index (χ1) is 15.7. The minimum Gasteiger partial charge on any atom is -0.457 e. The first-order valence-electron chi connectivity index (χ1n) is 10.9. The van der Waals surface area contributed by atoms with Crippen molar-refractivity contribution in [1.29, 1.82) is 0 Å². The van der Waals surface area contributed by atoms with Crippen LogP contribution in [0.25, 0.3) is 5.69 Å². The SMILES string of the molecule is Cc1ccc(-n2c(C)cc(C(=O)COC(=O)Cc3csc(N4CCCC4=O)n3)c2C)cc1C. The molecule has 3 aromatic rings. The van der Waals surface area contributed by atoms with Crippen molar-refractivity contribution >= 4 is 34.1 Å². The number of ether oxygens (including phenoxy) is 1. The van der Waals surface area contributed by atoms with Crippen LogP contribution in [-0.4, -0.2) is 40.4 Å². The van der Waals surface area contributed by atoms with Crippen molar-refractivity contribution in [3.05, 3.63) is 63.4 Å². The second-order valence-corrected chi connectivity index (χ2v) is 9.26. The van der Waals surface area contributed by atoms with E-state index in [1.165, 1.54) is 22.5 Å². The van der Waals surface area contributed by atoms with Crippen LogP contribution < -0.4 is 4.90 Å². The molecule has 1 saturated heterocycles. The highest BCUT2D eigenvalue weighted by Gasteiger charge is 2.25. The largest absolute Gasteiger partial charge is 0.457 e. The Kier molecular flexibility index (Phi) is 6.47. The number of aromatic nitrogens is 2. The normalized spacial score (nSPS) is 13.6. The molecule has 4 rings (SSSR count). The summed E-state index contributed by atoms with van der Waals surface area (Å²) in [6.45, 7) is 8.32. The summed E-state index contributed by atoms with van der Waals surface area (Å²) in [6, 6.07) is 8.03. The number of hydrogen-bond donors (Lipinski definition) is 0. The molecule has 0 atom stereocenters. The molecule has 33 heavy (non-hydrogen) atoms. The van der Waals surface area contributed by atoms with Crippen LogP contribution in [0.15, 0.2) is 29.6 Å². The van der Waals surface area contributed by atoms with Gasteiger partial charge in [0.25, 0.3) is 0 Å². The van der Waals surface area contributed by atoms with Gasteiger partial charge in [-0.3, -0.25) is 19.3 Å². The second kappa shape index (κ2) is 9.31. The Morgan fingerprint density at radius 1 is 1.12 bits per heavy atom. The topological polar surface area (TPSA) is 81.5 Å². The van der Waals surface area contributed by atoms with Crippen molar-refractivity contribution in [3.63, 3.8) is 0 Å². The number of thiazole rings is 1. The number of carbonyl (C=O) groups excluding carboxylic acids is 3. The Balaban J connectivity index is 1.39. The van der Waals surface area contributed by atoms with Crippen molar-refractivity contribution in [2.75, 3.05) is 18.1 Å². The van der Waals surface area contributed by atoms with Gasteiger partial charge >= 0.3 is 5.97 Å². The molecule has 0 saturated carbocycles. The molecule has 1 aliphatic rings. The summed E-state index contributed by atoms with van der Waals surface area (Å²) in [5.41, 5.74) is 6.24. The smallest absolute Gasteiger partial charge is 0.312 e. The van der Waals surface area contributed by atoms with E-state index in [0.29, 0.717) is 29.4 Å². The molecule has 0 N–H and O–H groups in total. The van der Waals surface area contributed by atoms with Gasteiger partial charge in [-0.1, -0.05) is 6.07 Å². The van der Waals surface area contributed by atoms with Crippen LogP contribution in [0.1, 0.15) is 51.4 Å². The average molecular weight is 466 g/mol. The number of hydrogen-bond acceptors (Lipinski definition) is 6. The van der Waals surface area contributed by atoms with Crippen LogP contribution in [0, 0.1) is 27.7 Å². The lowest BCUT2D eigenvalue weighted by atomic mass is 10.1. The zero-order valence-corrected chi connectivity index (χ0v) is 20.1. The van der Waals surface area contributed by atoms with Crippen molar-refractivity contribution in [2.45, 2.75) is 47.0 Å². The lowest BCUT2D eigenvalue weighted by Crippen LogP contribution is -2.23. The maximum atomic E-state index is 12.8. The Hall–Kier alpha value is -3.26. The van der Waals surface area contributed by atoms with Gasteiger partial charge in [0.15, 0.2) is 11.7 Å². The van der Waals surface area contributed by atoms with E-state index in [-0.39, 0.29) is 24.7 Å². The van der Waals surface area contributed by atoms with Gasteiger partial charge in [0.1, 0.15) is 0 Å².